The van der Waals surface area contributed by atoms with E-state index in [1.165, 1.54) is 5.56 Å². The van der Waals surface area contributed by atoms with Gasteiger partial charge in [-0.25, -0.2) is 0 Å². The summed E-state index contributed by atoms with van der Waals surface area (Å²) in [6.07, 6.45) is 0. The number of hydrogen-bond acceptors (Lipinski definition) is 1. The lowest BCUT2D eigenvalue weighted by molar-refractivity contribution is 0.102. The van der Waals surface area contributed by atoms with Crippen LogP contribution in [0.1, 0.15) is 41.3 Å². The lowest BCUT2D eigenvalue weighted by Crippen LogP contribution is -2.13. The van der Waals surface area contributed by atoms with Gasteiger partial charge in [-0.15, -0.1) is 0 Å². The number of carbonyl (C=O) groups excluding carboxylic acids is 1. The van der Waals surface area contributed by atoms with Crippen LogP contribution in [0.5, 0.6) is 0 Å². The van der Waals surface area contributed by atoms with Crippen LogP contribution in [0.15, 0.2) is 42.5 Å². The van der Waals surface area contributed by atoms with Crippen LogP contribution < -0.4 is 5.32 Å². The third kappa shape index (κ3) is 3.39. The molecule has 2 aromatic carbocycles. The van der Waals surface area contributed by atoms with Gasteiger partial charge in [0.2, 0.25) is 0 Å². The molecule has 0 heterocycles. The van der Waals surface area contributed by atoms with E-state index in [-0.39, 0.29) is 5.91 Å². The molecule has 2 nitrogen and oxygen atoms in total. The number of nitrogens with one attached hydrogen (secondary N) is 1. The molecule has 0 saturated heterocycles. The Morgan fingerprint density at radius 2 is 1.75 bits per heavy atom. The molecular formula is C17H18INO. The Balaban J connectivity index is 2.18. The summed E-state index contributed by atoms with van der Waals surface area (Å²) in [6, 6.07) is 13.7. The number of benzene rings is 2. The molecule has 104 valence electrons. The topological polar surface area (TPSA) is 29.1 Å². The van der Waals surface area contributed by atoms with Crippen LogP contribution in [0.3, 0.4) is 0 Å². The van der Waals surface area contributed by atoms with Crippen LogP contribution in [0, 0.1) is 10.5 Å². The first kappa shape index (κ1) is 15.0. The van der Waals surface area contributed by atoms with E-state index in [4.69, 9.17) is 0 Å². The Morgan fingerprint density at radius 1 is 1.10 bits per heavy atom. The smallest absolute Gasteiger partial charge is 0.255 e. The highest BCUT2D eigenvalue weighted by atomic mass is 127. The highest BCUT2D eigenvalue weighted by Crippen LogP contribution is 2.21. The normalized spacial score (nSPS) is 10.7. The van der Waals surface area contributed by atoms with Crippen molar-refractivity contribution in [2.75, 3.05) is 5.32 Å². The Hall–Kier alpha value is -1.36. The van der Waals surface area contributed by atoms with Crippen molar-refractivity contribution in [3.05, 3.63) is 62.7 Å². The molecule has 0 saturated carbocycles. The van der Waals surface area contributed by atoms with Crippen molar-refractivity contribution >= 4 is 34.2 Å². The van der Waals surface area contributed by atoms with Crippen LogP contribution in [0.2, 0.25) is 0 Å². The maximum atomic E-state index is 12.2. The Morgan fingerprint density at radius 3 is 2.35 bits per heavy atom. The molecule has 0 fully saturated rings. The predicted molar refractivity (Wildman–Crippen MR) is 92.4 cm³/mol. The van der Waals surface area contributed by atoms with Crippen LogP contribution >= 0.6 is 22.6 Å². The quantitative estimate of drug-likeness (QED) is 0.750. The summed E-state index contributed by atoms with van der Waals surface area (Å²) in [7, 11) is 0. The van der Waals surface area contributed by atoms with E-state index >= 15 is 0 Å². The minimum atomic E-state index is -0.0644. The average Bonchev–Trinajstić information content (AvgIpc) is 2.44. The van der Waals surface area contributed by atoms with Crippen LogP contribution in [-0.2, 0) is 0 Å². The largest absolute Gasteiger partial charge is 0.322 e. The van der Waals surface area contributed by atoms with E-state index in [2.05, 4.69) is 41.8 Å². The Labute approximate surface area is 133 Å². The number of halogens is 1. The second-order valence-electron chi connectivity index (χ2n) is 5.14. The van der Waals surface area contributed by atoms with Crippen LogP contribution in [0.4, 0.5) is 5.69 Å². The first-order chi connectivity index (χ1) is 9.49. The third-order valence-corrected chi connectivity index (χ3v) is 4.52. The fourth-order valence-corrected chi connectivity index (χ4v) is 2.45. The number of rotatable bonds is 3. The molecule has 0 aliphatic heterocycles. The van der Waals surface area contributed by atoms with E-state index in [0.29, 0.717) is 11.5 Å². The van der Waals surface area contributed by atoms with Gasteiger partial charge in [-0.1, -0.05) is 32.0 Å². The Kier molecular flexibility index (Phi) is 4.81. The summed E-state index contributed by atoms with van der Waals surface area (Å²) in [4.78, 5) is 12.2. The third-order valence-electron chi connectivity index (χ3n) is 3.36. The number of carbonyl (C=O) groups is 1. The number of anilines is 1. The minimum Gasteiger partial charge on any atom is -0.322 e. The molecule has 1 amide bonds. The van der Waals surface area contributed by atoms with Gasteiger partial charge in [0.15, 0.2) is 0 Å². The van der Waals surface area contributed by atoms with Gasteiger partial charge in [-0.2, -0.15) is 0 Å². The second kappa shape index (κ2) is 6.39. The van der Waals surface area contributed by atoms with Crippen molar-refractivity contribution in [3.8, 4) is 0 Å². The van der Waals surface area contributed by atoms with Crippen molar-refractivity contribution in [2.45, 2.75) is 26.7 Å². The van der Waals surface area contributed by atoms with Crippen molar-refractivity contribution in [1.29, 1.82) is 0 Å². The molecular weight excluding hydrogens is 361 g/mol. The van der Waals surface area contributed by atoms with Crippen molar-refractivity contribution < 1.29 is 4.79 Å². The highest BCUT2D eigenvalue weighted by Gasteiger charge is 2.09. The van der Waals surface area contributed by atoms with E-state index in [1.807, 2.05) is 49.4 Å². The Bertz CT molecular complexity index is 617. The van der Waals surface area contributed by atoms with Crippen molar-refractivity contribution in [1.82, 2.24) is 0 Å². The van der Waals surface area contributed by atoms with Crippen LogP contribution in [-0.4, -0.2) is 5.91 Å². The molecule has 2 rings (SSSR count). The molecule has 0 unspecified atom stereocenters. The summed E-state index contributed by atoms with van der Waals surface area (Å²) in [6.45, 7) is 6.30. The molecule has 0 aliphatic rings. The van der Waals surface area contributed by atoms with Crippen molar-refractivity contribution in [3.63, 3.8) is 0 Å². The second-order valence-corrected chi connectivity index (χ2v) is 6.31. The number of hydrogen-bond donors (Lipinski definition) is 1. The summed E-state index contributed by atoms with van der Waals surface area (Å²) in [5.41, 5.74) is 3.90. The fourth-order valence-electron chi connectivity index (χ4n) is 1.96. The van der Waals surface area contributed by atoms with Gasteiger partial charge in [-0.3, -0.25) is 4.79 Å². The standard InChI is InChI=1S/C17H18INO/c1-11(2)13-7-9-14(10-8-13)17(20)19-16-6-4-5-15(18)12(16)3/h4-11H,1-3H3,(H,19,20). The minimum absolute atomic E-state index is 0.0644. The van der Waals surface area contributed by atoms with Crippen molar-refractivity contribution in [2.24, 2.45) is 0 Å². The molecule has 3 heteroatoms. The fraction of sp³-hybridized carbons (Fsp3) is 0.235. The zero-order valence-corrected chi connectivity index (χ0v) is 14.1. The molecule has 1 N–H and O–H groups in total. The van der Waals surface area contributed by atoms with E-state index in [1.54, 1.807) is 0 Å². The average molecular weight is 379 g/mol. The molecule has 20 heavy (non-hydrogen) atoms. The lowest BCUT2D eigenvalue weighted by Gasteiger charge is -2.10. The summed E-state index contributed by atoms with van der Waals surface area (Å²) >= 11 is 2.27. The van der Waals surface area contributed by atoms with E-state index < -0.39 is 0 Å². The molecule has 0 radical (unpaired) electrons. The van der Waals surface area contributed by atoms with Gasteiger partial charge in [0.05, 0.1) is 0 Å². The SMILES string of the molecule is Cc1c(I)cccc1NC(=O)c1ccc(C(C)C)cc1. The monoisotopic (exact) mass is 379 g/mol. The maximum absolute atomic E-state index is 12.2. The summed E-state index contributed by atoms with van der Waals surface area (Å²) in [5.74, 6) is 0.412. The molecule has 0 atom stereocenters. The molecule has 2 aromatic rings. The highest BCUT2D eigenvalue weighted by molar-refractivity contribution is 14.1. The zero-order chi connectivity index (χ0) is 14.7. The zero-order valence-electron chi connectivity index (χ0n) is 11.9. The van der Waals surface area contributed by atoms with Gasteiger partial charge >= 0.3 is 0 Å². The maximum Gasteiger partial charge on any atom is 0.255 e. The molecule has 0 aromatic heterocycles. The van der Waals surface area contributed by atoms with Crippen LogP contribution in [0.25, 0.3) is 0 Å². The summed E-state index contributed by atoms with van der Waals surface area (Å²) < 4.78 is 1.15. The first-order valence-electron chi connectivity index (χ1n) is 6.65. The van der Waals surface area contributed by atoms with Gasteiger partial charge in [0, 0.05) is 14.8 Å². The molecule has 0 bridgehead atoms. The predicted octanol–water partition coefficient (Wildman–Crippen LogP) is 4.98. The summed E-state index contributed by atoms with van der Waals surface area (Å²) in [5, 5.41) is 2.97. The number of amides is 1. The molecule has 0 aliphatic carbocycles. The lowest BCUT2D eigenvalue weighted by atomic mass is 10.0. The molecule has 0 spiro atoms. The van der Waals surface area contributed by atoms with E-state index in [0.717, 1.165) is 14.8 Å². The van der Waals surface area contributed by atoms with Gasteiger partial charge in [-0.05, 0) is 70.8 Å². The van der Waals surface area contributed by atoms with Gasteiger partial charge < -0.3 is 5.32 Å². The van der Waals surface area contributed by atoms with Gasteiger partial charge in [0.25, 0.3) is 5.91 Å². The van der Waals surface area contributed by atoms with Gasteiger partial charge in [0.1, 0.15) is 0 Å². The first-order valence-corrected chi connectivity index (χ1v) is 7.73. The van der Waals surface area contributed by atoms with E-state index in [9.17, 15) is 4.79 Å².